The van der Waals surface area contributed by atoms with Crippen LogP contribution in [0.1, 0.15) is 0 Å². The van der Waals surface area contributed by atoms with Gasteiger partial charge in [-0.25, -0.2) is 0 Å². The molecule has 0 saturated heterocycles. The average molecular weight is 374 g/mol. The Morgan fingerprint density at radius 2 is 0.550 bits per heavy atom. The molecule has 0 spiro atoms. The van der Waals surface area contributed by atoms with E-state index in [2.05, 4.69) is 0 Å². The first-order valence-electron chi connectivity index (χ1n) is 3.09. The molecule has 0 atom stereocenters. The maximum absolute atomic E-state index is 10.5. The molecule has 0 aliphatic heterocycles. The molecule has 18 nitrogen and oxygen atoms in total. The minimum atomic E-state index is -10.3. The smallest absolute Gasteiger partial charge is 3.00 e. The fourth-order valence-corrected chi connectivity index (χ4v) is 2.75. The molecule has 0 heterocycles. The summed E-state index contributed by atoms with van der Waals surface area (Å²) in [6.45, 7) is 0. The van der Waals surface area contributed by atoms with Gasteiger partial charge in [-0.2, -0.15) is 0 Å². The Labute approximate surface area is 146 Å². The number of nitrogens with zero attached hydrogens (tertiary/aromatic N) is 6. The van der Waals surface area contributed by atoms with Crippen molar-refractivity contribution in [3.05, 3.63) is 60.7 Å². The van der Waals surface area contributed by atoms with E-state index < -0.39 is 35.7 Å². The van der Waals surface area contributed by atoms with E-state index in [0.29, 0.717) is 0 Å². The Morgan fingerprint density at radius 3 is 0.550 bits per heavy atom. The molecule has 0 saturated carbocycles. The first-order chi connectivity index (χ1) is 8.34. The Morgan fingerprint density at radius 1 is 0.450 bits per heavy atom. The van der Waals surface area contributed by atoms with E-state index in [1.54, 1.807) is 0 Å². The number of hydrogen-bond acceptors (Lipinski definition) is 12. The number of hydrogen-bond donors (Lipinski definition) is 0. The topological polar surface area (TPSA) is 259 Å². The van der Waals surface area contributed by atoms with Crippen molar-refractivity contribution in [1.82, 2.24) is 0 Å². The van der Waals surface area contributed by atoms with Crippen LogP contribution in [-0.2, 0) is 11.8 Å². The van der Waals surface area contributed by atoms with Gasteiger partial charge in [0.05, 0.1) is 0 Å². The Balaban J connectivity index is 0. The zero-order valence-electron chi connectivity index (χ0n) is 8.92. The van der Waals surface area contributed by atoms with Crippen molar-refractivity contribution in [2.45, 2.75) is 0 Å². The third kappa shape index (κ3) is 1.17. The van der Waals surface area contributed by atoms with Gasteiger partial charge >= 0.3 is 148 Å². The summed E-state index contributed by atoms with van der Waals surface area (Å²) in [5, 5.41) is 63.2. The Kier molecular flexibility index (Phi) is 5.03. The van der Waals surface area contributed by atoms with Gasteiger partial charge in [-0.3, -0.25) is 0 Å². The molecule has 0 aliphatic carbocycles. The summed E-state index contributed by atoms with van der Waals surface area (Å²) in [5.41, 5.74) is 0. The van der Waals surface area contributed by atoms with Crippen molar-refractivity contribution in [3.63, 3.8) is 0 Å². The maximum atomic E-state index is 10.5. The van der Waals surface area contributed by atoms with Crippen LogP contribution in [-0.4, -0.2) is 75.2 Å². The van der Waals surface area contributed by atoms with Gasteiger partial charge < -0.3 is 0 Å². The summed E-state index contributed by atoms with van der Waals surface area (Å²) in [5.74, 6) is 0. The standard InChI is InChI=1S/Co.K.6NO2/c;;6*2-1-3/q;+3;;;;;;. The van der Waals surface area contributed by atoms with E-state index >= 15 is 0 Å². The summed E-state index contributed by atoms with van der Waals surface area (Å²) >= 11 is -10.3. The van der Waals surface area contributed by atoms with E-state index in [-0.39, 0.29) is 51.4 Å². The zero-order chi connectivity index (χ0) is 15.9. The van der Waals surface area contributed by atoms with Crippen LogP contribution in [0.5, 0.6) is 0 Å². The van der Waals surface area contributed by atoms with Gasteiger partial charge in [-0.05, 0) is 0 Å². The SMILES string of the molecule is O=[N+]([O-])[Co]([N+](=O)[O-])([N+](=O)[O-])([N+](=O)[O-])([N+](=O)[O-])[N+](=O)[O-].[K+3]. The van der Waals surface area contributed by atoms with E-state index in [9.17, 15) is 60.7 Å². The molecule has 0 bridgehead atoms. The van der Waals surface area contributed by atoms with Crippen molar-refractivity contribution < 1.29 is 35.7 Å². The largest absolute Gasteiger partial charge is 3.00 e. The molecular formula is CoKN6O12+3. The predicted octanol–water partition coefficient (Wildman–Crippen LogP) is -2.02. The second kappa shape index (κ2) is 4.83. The molecule has 0 N–H and O–H groups in total. The summed E-state index contributed by atoms with van der Waals surface area (Å²) in [7, 11) is 0. The van der Waals surface area contributed by atoms with Crippen LogP contribution in [0.25, 0.3) is 0 Å². The molecule has 0 aromatic heterocycles. The molecule has 0 unspecified atom stereocenters. The fourth-order valence-electron chi connectivity index (χ4n) is 0.667. The summed E-state index contributed by atoms with van der Waals surface area (Å²) in [4.78, 5) is 63.2. The molecule has 20 heavy (non-hydrogen) atoms. The van der Waals surface area contributed by atoms with Gasteiger partial charge in [-0.15, -0.1) is 0 Å². The molecule has 0 aromatic carbocycles. The minimum absolute atomic E-state index is 0. The van der Waals surface area contributed by atoms with Crippen molar-refractivity contribution in [1.29, 1.82) is 0 Å². The molecule has 0 aromatic rings. The van der Waals surface area contributed by atoms with Crippen LogP contribution in [0.15, 0.2) is 0 Å². The van der Waals surface area contributed by atoms with Crippen LogP contribution >= 0.6 is 0 Å². The van der Waals surface area contributed by atoms with Crippen LogP contribution in [0, 0.1) is 60.7 Å². The average Bonchev–Trinajstić information content (AvgIpc) is 2.15. The molecule has 0 rings (SSSR count). The van der Waals surface area contributed by atoms with Crippen LogP contribution in [0.4, 0.5) is 0 Å². The van der Waals surface area contributed by atoms with Crippen LogP contribution < -0.4 is 0 Å². The van der Waals surface area contributed by atoms with Crippen molar-refractivity contribution in [2.75, 3.05) is 0 Å². The van der Waals surface area contributed by atoms with Gasteiger partial charge in [-0.1, -0.05) is 0 Å². The van der Waals surface area contributed by atoms with Crippen molar-refractivity contribution in [3.8, 4) is 0 Å². The molecule has 10 radical (unpaired) electrons. The third-order valence-corrected chi connectivity index (χ3v) is 6.73. The van der Waals surface area contributed by atoms with E-state index in [0.717, 1.165) is 0 Å². The first kappa shape index (κ1) is 20.9. The summed E-state index contributed by atoms with van der Waals surface area (Å²) < 4.78 is -19.6. The quantitative estimate of drug-likeness (QED) is 0.277. The van der Waals surface area contributed by atoms with Gasteiger partial charge in [0.25, 0.3) is 0 Å². The summed E-state index contributed by atoms with van der Waals surface area (Å²) in [6.07, 6.45) is 0. The van der Waals surface area contributed by atoms with Crippen molar-refractivity contribution in [2.24, 2.45) is 0 Å². The number of rotatable bonds is 6. The maximum Gasteiger partial charge on any atom is 3.00 e. The molecule has 20 heteroatoms. The van der Waals surface area contributed by atoms with E-state index in [1.807, 2.05) is 0 Å². The molecule has 109 valence electrons. The first-order valence-corrected chi connectivity index (χ1v) is 5.88. The third-order valence-electron chi connectivity index (χ3n) is 1.63. The minimum Gasteiger partial charge on any atom is 3.00 e. The molecule has 0 aliphatic rings. The van der Waals surface area contributed by atoms with Gasteiger partial charge in [0.2, 0.25) is 0 Å². The van der Waals surface area contributed by atoms with Gasteiger partial charge in [0.15, 0.2) is 0 Å². The second-order valence-corrected chi connectivity index (χ2v) is 7.58. The van der Waals surface area contributed by atoms with Gasteiger partial charge in [0, 0.05) is 0 Å². The van der Waals surface area contributed by atoms with E-state index in [1.165, 1.54) is 0 Å². The predicted molar refractivity (Wildman–Crippen MR) is 47.7 cm³/mol. The van der Waals surface area contributed by atoms with Gasteiger partial charge in [0.1, 0.15) is 0 Å². The molecule has 0 fully saturated rings. The number of nitro groups is 6. The molecule has 0 amide bonds. The van der Waals surface area contributed by atoms with Crippen LogP contribution in [0.3, 0.4) is 0 Å². The normalized spacial score (nSPS) is 13.8. The Bertz CT molecular complexity index is 431. The molecular weight excluding hydrogens is 374 g/mol. The second-order valence-electron chi connectivity index (χ2n) is 2.18. The monoisotopic (exact) mass is 374 g/mol. The van der Waals surface area contributed by atoms with E-state index in [4.69, 9.17) is 0 Å². The van der Waals surface area contributed by atoms with Crippen molar-refractivity contribution >= 4 is 51.4 Å². The fraction of sp³-hybridized carbons (Fsp3) is 0. The van der Waals surface area contributed by atoms with Crippen LogP contribution in [0.2, 0.25) is 0 Å². The summed E-state index contributed by atoms with van der Waals surface area (Å²) in [6, 6.07) is 0. The Hall–Kier alpha value is -1.46. The zero-order valence-corrected chi connectivity index (χ0v) is 13.1.